The molecule has 2 N–H and O–H groups in total. The number of rotatable bonds is 7. The van der Waals surface area contributed by atoms with Gasteiger partial charge in [0.05, 0.1) is 25.8 Å². The Morgan fingerprint density at radius 2 is 1.81 bits per heavy atom. The van der Waals surface area contributed by atoms with E-state index in [1.807, 2.05) is 31.2 Å². The normalized spacial score (nSPS) is 11.5. The van der Waals surface area contributed by atoms with Crippen molar-refractivity contribution in [3.05, 3.63) is 87.8 Å². The lowest BCUT2D eigenvalue weighted by molar-refractivity contribution is -0.141. The number of nitrogens with one attached hydrogen (secondary N) is 2. The summed E-state index contributed by atoms with van der Waals surface area (Å²) in [5.74, 6) is -1.07. The fraction of sp³-hybridized carbons (Fsp3) is 0.174. The minimum atomic E-state index is -0.574. The molecule has 2 aromatic carbocycles. The van der Waals surface area contributed by atoms with E-state index in [1.54, 1.807) is 30.3 Å². The van der Waals surface area contributed by atoms with Crippen molar-refractivity contribution in [3.8, 4) is 0 Å². The number of aryl methyl sites for hydroxylation is 1. The number of furan rings is 1. The minimum Gasteiger partial charge on any atom is -0.469 e. The molecule has 8 heteroatoms. The van der Waals surface area contributed by atoms with E-state index in [9.17, 15) is 14.4 Å². The van der Waals surface area contributed by atoms with Gasteiger partial charge in [-0.3, -0.25) is 14.4 Å². The summed E-state index contributed by atoms with van der Waals surface area (Å²) in [6.07, 6.45) is 1.40. The molecule has 0 fully saturated rings. The van der Waals surface area contributed by atoms with Crippen LogP contribution in [0.2, 0.25) is 0 Å². The molecule has 1 heterocycles. The maximum Gasteiger partial charge on any atom is 0.307 e. The predicted octanol–water partition coefficient (Wildman–Crippen LogP) is 4.64. The standard InChI is InChI=1S/C23H21BrN2O5/c1-14-5-6-16(12-18(14)25-23(29)20-4-3-11-31-20)22(28)26-19(13-21(27)30-2)15-7-9-17(24)10-8-15/h3-12,19H,13H2,1-2H3,(H,25,29)(H,26,28). The van der Waals surface area contributed by atoms with E-state index in [0.29, 0.717) is 11.3 Å². The highest BCUT2D eigenvalue weighted by molar-refractivity contribution is 9.10. The Hall–Kier alpha value is -3.39. The van der Waals surface area contributed by atoms with Crippen molar-refractivity contribution in [1.82, 2.24) is 5.32 Å². The largest absolute Gasteiger partial charge is 0.469 e. The molecule has 0 aliphatic heterocycles. The number of carbonyl (C=O) groups excluding carboxylic acids is 3. The zero-order valence-electron chi connectivity index (χ0n) is 17.0. The maximum absolute atomic E-state index is 12.9. The molecule has 0 aliphatic carbocycles. The van der Waals surface area contributed by atoms with E-state index < -0.39 is 17.9 Å². The fourth-order valence-electron chi connectivity index (χ4n) is 2.93. The van der Waals surface area contributed by atoms with Crippen LogP contribution in [0.4, 0.5) is 5.69 Å². The number of amides is 2. The number of methoxy groups -OCH3 is 1. The Bertz CT molecular complexity index is 1080. The summed E-state index contributed by atoms with van der Waals surface area (Å²) >= 11 is 3.38. The summed E-state index contributed by atoms with van der Waals surface area (Å²) in [4.78, 5) is 37.1. The van der Waals surface area contributed by atoms with Gasteiger partial charge in [0.25, 0.3) is 11.8 Å². The van der Waals surface area contributed by atoms with Crippen molar-refractivity contribution in [1.29, 1.82) is 0 Å². The number of esters is 1. The molecular formula is C23H21BrN2O5. The molecule has 0 aliphatic rings. The Balaban J connectivity index is 1.80. The third-order valence-electron chi connectivity index (χ3n) is 4.67. The van der Waals surface area contributed by atoms with Crippen molar-refractivity contribution in [2.24, 2.45) is 0 Å². The molecule has 1 atom stereocenters. The number of hydrogen-bond donors (Lipinski definition) is 2. The van der Waals surface area contributed by atoms with Gasteiger partial charge in [-0.1, -0.05) is 34.1 Å². The Morgan fingerprint density at radius 3 is 2.45 bits per heavy atom. The first kappa shape index (κ1) is 22.3. The van der Waals surface area contributed by atoms with Crippen LogP contribution in [0.5, 0.6) is 0 Å². The molecule has 1 unspecified atom stereocenters. The van der Waals surface area contributed by atoms with Gasteiger partial charge < -0.3 is 19.8 Å². The number of anilines is 1. The van der Waals surface area contributed by atoms with E-state index in [1.165, 1.54) is 13.4 Å². The van der Waals surface area contributed by atoms with Crippen molar-refractivity contribution in [2.45, 2.75) is 19.4 Å². The Labute approximate surface area is 187 Å². The third kappa shape index (κ3) is 5.82. The molecule has 7 nitrogen and oxygen atoms in total. The van der Waals surface area contributed by atoms with Crippen molar-refractivity contribution in [3.63, 3.8) is 0 Å². The van der Waals surface area contributed by atoms with Gasteiger partial charge in [-0.05, 0) is 54.4 Å². The molecule has 3 aromatic rings. The lowest BCUT2D eigenvalue weighted by Crippen LogP contribution is -2.30. The lowest BCUT2D eigenvalue weighted by atomic mass is 10.0. The summed E-state index contributed by atoms with van der Waals surface area (Å²) in [7, 11) is 1.30. The number of hydrogen-bond acceptors (Lipinski definition) is 5. The quantitative estimate of drug-likeness (QED) is 0.476. The summed E-state index contributed by atoms with van der Waals surface area (Å²) in [5.41, 5.74) is 2.38. The molecule has 160 valence electrons. The van der Waals surface area contributed by atoms with E-state index in [2.05, 4.69) is 26.6 Å². The molecule has 0 radical (unpaired) electrons. The average molecular weight is 485 g/mol. The molecule has 0 spiro atoms. The van der Waals surface area contributed by atoms with Gasteiger partial charge in [0, 0.05) is 15.7 Å². The van der Waals surface area contributed by atoms with Crippen LogP contribution in [0, 0.1) is 6.92 Å². The first-order valence-corrected chi connectivity index (χ1v) is 10.3. The second kappa shape index (κ2) is 10.1. The molecule has 0 bridgehead atoms. The molecule has 3 rings (SSSR count). The van der Waals surface area contributed by atoms with E-state index >= 15 is 0 Å². The van der Waals surface area contributed by atoms with Crippen LogP contribution in [0.25, 0.3) is 0 Å². The van der Waals surface area contributed by atoms with E-state index in [-0.39, 0.29) is 18.1 Å². The number of carbonyl (C=O) groups is 3. The number of ether oxygens (including phenoxy) is 1. The van der Waals surface area contributed by atoms with Gasteiger partial charge in [-0.15, -0.1) is 0 Å². The monoisotopic (exact) mass is 484 g/mol. The van der Waals surface area contributed by atoms with Crippen LogP contribution in [0.3, 0.4) is 0 Å². The second-order valence-corrected chi connectivity index (χ2v) is 7.73. The topological polar surface area (TPSA) is 97.6 Å². The highest BCUT2D eigenvalue weighted by atomic mass is 79.9. The minimum absolute atomic E-state index is 0.0161. The molecular weight excluding hydrogens is 464 g/mol. The molecule has 0 saturated heterocycles. The fourth-order valence-corrected chi connectivity index (χ4v) is 3.19. The molecule has 0 saturated carbocycles. The second-order valence-electron chi connectivity index (χ2n) is 6.82. The van der Waals surface area contributed by atoms with Crippen LogP contribution < -0.4 is 10.6 Å². The summed E-state index contributed by atoms with van der Waals surface area (Å²) in [6, 6.07) is 14.9. The highest BCUT2D eigenvalue weighted by Gasteiger charge is 2.20. The lowest BCUT2D eigenvalue weighted by Gasteiger charge is -2.19. The molecule has 2 amide bonds. The van der Waals surface area contributed by atoms with Crippen molar-refractivity contribution >= 4 is 39.4 Å². The summed E-state index contributed by atoms with van der Waals surface area (Å²) < 4.78 is 10.8. The van der Waals surface area contributed by atoms with E-state index in [4.69, 9.17) is 9.15 Å². The first-order valence-electron chi connectivity index (χ1n) is 9.46. The van der Waals surface area contributed by atoms with Gasteiger partial charge in [-0.2, -0.15) is 0 Å². The van der Waals surface area contributed by atoms with Crippen LogP contribution in [0.1, 0.15) is 44.5 Å². The van der Waals surface area contributed by atoms with Gasteiger partial charge in [0.1, 0.15) is 0 Å². The van der Waals surface area contributed by atoms with Crippen LogP contribution in [-0.2, 0) is 9.53 Å². The smallest absolute Gasteiger partial charge is 0.307 e. The number of halogens is 1. The Kier molecular flexibility index (Phi) is 7.25. The average Bonchev–Trinajstić information content (AvgIpc) is 3.30. The summed E-state index contributed by atoms with van der Waals surface area (Å²) in [5, 5.41) is 5.62. The van der Waals surface area contributed by atoms with Crippen molar-refractivity contribution in [2.75, 3.05) is 12.4 Å². The molecule has 1 aromatic heterocycles. The van der Waals surface area contributed by atoms with Crippen LogP contribution in [-0.4, -0.2) is 24.9 Å². The van der Waals surface area contributed by atoms with Gasteiger partial charge in [0.15, 0.2) is 5.76 Å². The van der Waals surface area contributed by atoms with Gasteiger partial charge in [0.2, 0.25) is 0 Å². The highest BCUT2D eigenvalue weighted by Crippen LogP contribution is 2.23. The zero-order chi connectivity index (χ0) is 22.4. The van der Waals surface area contributed by atoms with Crippen molar-refractivity contribution < 1.29 is 23.5 Å². The first-order chi connectivity index (χ1) is 14.9. The van der Waals surface area contributed by atoms with E-state index in [0.717, 1.165) is 15.6 Å². The van der Waals surface area contributed by atoms with Crippen LogP contribution in [0.15, 0.2) is 69.8 Å². The number of benzene rings is 2. The Morgan fingerprint density at radius 1 is 1.06 bits per heavy atom. The van der Waals surface area contributed by atoms with Gasteiger partial charge >= 0.3 is 5.97 Å². The third-order valence-corrected chi connectivity index (χ3v) is 5.20. The van der Waals surface area contributed by atoms with Crippen LogP contribution >= 0.6 is 15.9 Å². The SMILES string of the molecule is COC(=O)CC(NC(=O)c1ccc(C)c(NC(=O)c2ccco2)c1)c1ccc(Br)cc1. The maximum atomic E-state index is 12.9. The van der Waals surface area contributed by atoms with Gasteiger partial charge in [-0.25, -0.2) is 0 Å². The molecule has 31 heavy (non-hydrogen) atoms. The summed E-state index contributed by atoms with van der Waals surface area (Å²) in [6.45, 7) is 1.82. The zero-order valence-corrected chi connectivity index (χ0v) is 18.6. The predicted molar refractivity (Wildman–Crippen MR) is 119 cm³/mol.